The number of carbonyl (C=O) groups is 1. The number of carbonyl (C=O) groups excluding carboxylic acids is 1. The van der Waals surface area contributed by atoms with Crippen molar-refractivity contribution in [1.82, 2.24) is 0 Å². The van der Waals surface area contributed by atoms with Crippen LogP contribution in [0.15, 0.2) is 18.2 Å². The van der Waals surface area contributed by atoms with Crippen LogP contribution in [0.5, 0.6) is 0 Å². The van der Waals surface area contributed by atoms with Crippen molar-refractivity contribution in [1.29, 1.82) is 0 Å². The molecular weight excluding hydrogens is 260 g/mol. The first-order valence-electron chi connectivity index (χ1n) is 6.79. The van der Waals surface area contributed by atoms with Crippen LogP contribution < -0.4 is 5.73 Å². The molecule has 0 heterocycles. The summed E-state index contributed by atoms with van der Waals surface area (Å²) in [5.74, 6) is -0.190. The van der Waals surface area contributed by atoms with Crippen LogP contribution in [0, 0.1) is 16.0 Å². The standard InChI is InChI=1S/C14H18N2O4/c15-13-7-6-11(16(18)19)8-12(13)14(17)20-9-10-4-2-1-3-5-10/h6-8,10H,1-5,9,15H2. The van der Waals surface area contributed by atoms with Crippen LogP contribution >= 0.6 is 0 Å². The maximum atomic E-state index is 12.0. The van der Waals surface area contributed by atoms with E-state index in [2.05, 4.69) is 0 Å². The third-order valence-corrected chi connectivity index (χ3v) is 3.64. The highest BCUT2D eigenvalue weighted by atomic mass is 16.6. The van der Waals surface area contributed by atoms with Gasteiger partial charge in [-0.1, -0.05) is 19.3 Å². The molecule has 0 bridgehead atoms. The molecule has 1 aliphatic rings. The van der Waals surface area contributed by atoms with Crippen LogP contribution in [0.1, 0.15) is 42.5 Å². The minimum atomic E-state index is -0.586. The fourth-order valence-corrected chi connectivity index (χ4v) is 2.46. The van der Waals surface area contributed by atoms with Gasteiger partial charge in [0, 0.05) is 17.8 Å². The molecule has 0 amide bonds. The molecule has 6 heteroatoms. The lowest BCUT2D eigenvalue weighted by molar-refractivity contribution is -0.384. The predicted octanol–water partition coefficient (Wildman–Crippen LogP) is 2.91. The molecule has 0 spiro atoms. The van der Waals surface area contributed by atoms with Gasteiger partial charge in [-0.25, -0.2) is 4.79 Å². The Balaban J connectivity index is 2.00. The summed E-state index contributed by atoms with van der Waals surface area (Å²) >= 11 is 0. The second-order valence-electron chi connectivity index (χ2n) is 5.13. The number of esters is 1. The fourth-order valence-electron chi connectivity index (χ4n) is 2.46. The molecule has 108 valence electrons. The van der Waals surface area contributed by atoms with Gasteiger partial charge in [-0.3, -0.25) is 10.1 Å². The molecule has 2 N–H and O–H groups in total. The number of nitrogen functional groups attached to an aromatic ring is 1. The predicted molar refractivity (Wildman–Crippen MR) is 74.4 cm³/mol. The van der Waals surface area contributed by atoms with Crippen molar-refractivity contribution < 1.29 is 14.5 Å². The lowest BCUT2D eigenvalue weighted by Crippen LogP contribution is -2.17. The number of benzene rings is 1. The summed E-state index contributed by atoms with van der Waals surface area (Å²) in [6.45, 7) is 0.362. The normalized spacial score (nSPS) is 15.8. The average Bonchev–Trinajstić information content (AvgIpc) is 2.46. The van der Waals surface area contributed by atoms with E-state index in [0.29, 0.717) is 12.5 Å². The van der Waals surface area contributed by atoms with Gasteiger partial charge in [-0.05, 0) is 24.8 Å². The maximum Gasteiger partial charge on any atom is 0.340 e. The first-order valence-corrected chi connectivity index (χ1v) is 6.79. The smallest absolute Gasteiger partial charge is 0.340 e. The highest BCUT2D eigenvalue weighted by Gasteiger charge is 2.19. The SMILES string of the molecule is Nc1ccc([N+](=O)[O-])cc1C(=O)OCC1CCCCC1. The molecule has 0 radical (unpaired) electrons. The van der Waals surface area contributed by atoms with Gasteiger partial charge in [0.15, 0.2) is 0 Å². The Morgan fingerprint density at radius 1 is 1.35 bits per heavy atom. The van der Waals surface area contributed by atoms with E-state index in [0.717, 1.165) is 12.8 Å². The Labute approximate surface area is 117 Å². The van der Waals surface area contributed by atoms with Crippen LogP contribution in [-0.2, 0) is 4.74 Å². The molecule has 1 aromatic rings. The number of anilines is 1. The minimum absolute atomic E-state index is 0.0648. The van der Waals surface area contributed by atoms with Gasteiger partial charge < -0.3 is 10.5 Å². The first kappa shape index (κ1) is 14.3. The van der Waals surface area contributed by atoms with E-state index < -0.39 is 10.9 Å². The number of hydrogen-bond acceptors (Lipinski definition) is 5. The summed E-state index contributed by atoms with van der Waals surface area (Å²) < 4.78 is 5.24. The summed E-state index contributed by atoms with van der Waals surface area (Å²) in [4.78, 5) is 22.1. The van der Waals surface area contributed by atoms with Gasteiger partial charge >= 0.3 is 5.97 Å². The van der Waals surface area contributed by atoms with Crippen molar-refractivity contribution in [3.8, 4) is 0 Å². The molecule has 0 atom stereocenters. The monoisotopic (exact) mass is 278 g/mol. The van der Waals surface area contributed by atoms with E-state index in [9.17, 15) is 14.9 Å². The molecule has 1 aliphatic carbocycles. The largest absolute Gasteiger partial charge is 0.462 e. The maximum absolute atomic E-state index is 12.0. The van der Waals surface area contributed by atoms with Gasteiger partial charge in [-0.15, -0.1) is 0 Å². The summed E-state index contributed by atoms with van der Waals surface area (Å²) in [6.07, 6.45) is 5.71. The highest BCUT2D eigenvalue weighted by Crippen LogP contribution is 2.25. The van der Waals surface area contributed by atoms with Crippen LogP contribution in [0.25, 0.3) is 0 Å². The molecule has 2 rings (SSSR count). The van der Waals surface area contributed by atoms with Crippen molar-refractivity contribution >= 4 is 17.3 Å². The number of rotatable bonds is 4. The topological polar surface area (TPSA) is 95.5 Å². The lowest BCUT2D eigenvalue weighted by atomic mass is 9.90. The quantitative estimate of drug-likeness (QED) is 0.395. The number of ether oxygens (including phenoxy) is 1. The Morgan fingerprint density at radius 3 is 2.70 bits per heavy atom. The Morgan fingerprint density at radius 2 is 2.05 bits per heavy atom. The molecular formula is C14H18N2O4. The molecule has 0 aliphatic heterocycles. The molecule has 1 fully saturated rings. The summed E-state index contributed by atoms with van der Waals surface area (Å²) in [5.41, 5.74) is 5.78. The van der Waals surface area contributed by atoms with Crippen molar-refractivity contribution in [2.75, 3.05) is 12.3 Å². The van der Waals surface area contributed by atoms with Gasteiger partial charge in [0.1, 0.15) is 0 Å². The second-order valence-corrected chi connectivity index (χ2v) is 5.13. The van der Waals surface area contributed by atoms with Crippen LogP contribution in [-0.4, -0.2) is 17.5 Å². The number of nitro groups is 1. The average molecular weight is 278 g/mol. The zero-order valence-corrected chi connectivity index (χ0v) is 11.2. The summed E-state index contributed by atoms with van der Waals surface area (Å²) in [5, 5.41) is 10.7. The molecule has 20 heavy (non-hydrogen) atoms. The van der Waals surface area contributed by atoms with E-state index in [1.807, 2.05) is 0 Å². The Kier molecular flexibility index (Phi) is 4.55. The van der Waals surface area contributed by atoms with E-state index in [1.165, 1.54) is 37.5 Å². The van der Waals surface area contributed by atoms with Gasteiger partial charge in [-0.2, -0.15) is 0 Å². The molecule has 0 unspecified atom stereocenters. The van der Waals surface area contributed by atoms with Crippen molar-refractivity contribution in [2.45, 2.75) is 32.1 Å². The van der Waals surface area contributed by atoms with Crippen molar-refractivity contribution in [3.05, 3.63) is 33.9 Å². The number of nitrogens with two attached hydrogens (primary N) is 1. The zero-order chi connectivity index (χ0) is 14.5. The number of hydrogen-bond donors (Lipinski definition) is 1. The van der Waals surface area contributed by atoms with Gasteiger partial charge in [0.05, 0.1) is 17.1 Å². The van der Waals surface area contributed by atoms with Crippen molar-refractivity contribution in [3.63, 3.8) is 0 Å². The third kappa shape index (κ3) is 3.46. The molecule has 0 saturated heterocycles. The van der Waals surface area contributed by atoms with Crippen molar-refractivity contribution in [2.24, 2.45) is 5.92 Å². The van der Waals surface area contributed by atoms with Crippen LogP contribution in [0.4, 0.5) is 11.4 Å². The molecule has 1 aromatic carbocycles. The Bertz CT molecular complexity index is 510. The lowest BCUT2D eigenvalue weighted by Gasteiger charge is -2.21. The Hall–Kier alpha value is -2.11. The van der Waals surface area contributed by atoms with E-state index in [1.54, 1.807) is 0 Å². The highest BCUT2D eigenvalue weighted by molar-refractivity contribution is 5.95. The van der Waals surface area contributed by atoms with E-state index >= 15 is 0 Å². The first-order chi connectivity index (χ1) is 9.58. The summed E-state index contributed by atoms with van der Waals surface area (Å²) in [7, 11) is 0. The van der Waals surface area contributed by atoms with Crippen LogP contribution in [0.2, 0.25) is 0 Å². The van der Waals surface area contributed by atoms with Gasteiger partial charge in [0.2, 0.25) is 0 Å². The third-order valence-electron chi connectivity index (χ3n) is 3.64. The second kappa shape index (κ2) is 6.36. The number of nitro benzene ring substituents is 1. The molecule has 0 aromatic heterocycles. The zero-order valence-electron chi connectivity index (χ0n) is 11.2. The fraction of sp³-hybridized carbons (Fsp3) is 0.500. The van der Waals surface area contributed by atoms with Crippen LogP contribution in [0.3, 0.4) is 0 Å². The molecule has 6 nitrogen and oxygen atoms in total. The van der Waals surface area contributed by atoms with Gasteiger partial charge in [0.25, 0.3) is 5.69 Å². The minimum Gasteiger partial charge on any atom is -0.462 e. The molecule has 1 saturated carbocycles. The number of non-ortho nitro benzene ring substituents is 1. The van der Waals surface area contributed by atoms with E-state index in [4.69, 9.17) is 10.5 Å². The summed E-state index contributed by atoms with van der Waals surface area (Å²) in [6, 6.07) is 3.79. The van der Waals surface area contributed by atoms with E-state index in [-0.39, 0.29) is 16.9 Å². The number of nitrogens with zero attached hydrogens (tertiary/aromatic N) is 1.